The fraction of sp³-hybridized carbons (Fsp3) is 0.0909. The van der Waals surface area contributed by atoms with Gasteiger partial charge in [0.25, 0.3) is 0 Å². The molecule has 0 saturated heterocycles. The van der Waals surface area contributed by atoms with Crippen LogP contribution in [0.3, 0.4) is 0 Å². The number of carbonyl (C=O) groups is 2. The van der Waals surface area contributed by atoms with E-state index in [1.165, 1.54) is 0 Å². The lowest BCUT2D eigenvalue weighted by Crippen LogP contribution is -2.23. The summed E-state index contributed by atoms with van der Waals surface area (Å²) in [7, 11) is 0. The molecule has 4 rings (SSSR count). The van der Waals surface area contributed by atoms with E-state index in [4.69, 9.17) is 0 Å². The van der Waals surface area contributed by atoms with Gasteiger partial charge < -0.3 is 5.32 Å². The van der Waals surface area contributed by atoms with Gasteiger partial charge in [0, 0.05) is 28.4 Å². The van der Waals surface area contributed by atoms with Crippen molar-refractivity contribution < 1.29 is 9.59 Å². The summed E-state index contributed by atoms with van der Waals surface area (Å²) < 4.78 is 0. The van der Waals surface area contributed by atoms with Crippen LogP contribution in [-0.4, -0.2) is 11.6 Å². The highest BCUT2D eigenvalue weighted by molar-refractivity contribution is 6.30. The van der Waals surface area contributed by atoms with E-state index in [-0.39, 0.29) is 17.6 Å². The summed E-state index contributed by atoms with van der Waals surface area (Å²) in [6.07, 6.45) is 0. The lowest BCUT2D eigenvalue weighted by Gasteiger charge is -2.23. The predicted molar refractivity (Wildman–Crippen MR) is 98.2 cm³/mol. The van der Waals surface area contributed by atoms with Crippen LogP contribution in [0.1, 0.15) is 50.4 Å². The van der Waals surface area contributed by atoms with Gasteiger partial charge in [0.15, 0.2) is 11.6 Å². The summed E-state index contributed by atoms with van der Waals surface area (Å²) in [5, 5.41) is 3.40. The van der Waals surface area contributed by atoms with Crippen LogP contribution in [-0.2, 0) is 0 Å². The molecule has 1 unspecified atom stereocenters. The lowest BCUT2D eigenvalue weighted by atomic mass is 9.83. The molecule has 0 spiro atoms. The second-order valence-electron chi connectivity index (χ2n) is 6.21. The summed E-state index contributed by atoms with van der Waals surface area (Å²) in [6.45, 7) is 2.04. The Bertz CT molecular complexity index is 976. The molecule has 0 fully saturated rings. The first-order chi connectivity index (χ1) is 12.2. The third kappa shape index (κ3) is 2.54. The van der Waals surface area contributed by atoms with Crippen molar-refractivity contribution in [1.29, 1.82) is 0 Å². The van der Waals surface area contributed by atoms with Crippen molar-refractivity contribution in [2.24, 2.45) is 0 Å². The highest BCUT2D eigenvalue weighted by atomic mass is 16.1. The van der Waals surface area contributed by atoms with Gasteiger partial charge in [-0.1, -0.05) is 66.7 Å². The lowest BCUT2D eigenvalue weighted by molar-refractivity contribution is 0.0979. The number of carbonyl (C=O) groups excluding carboxylic acids is 2. The zero-order valence-electron chi connectivity index (χ0n) is 13.8. The molecule has 1 aliphatic rings. The van der Waals surface area contributed by atoms with Crippen LogP contribution in [0.5, 0.6) is 0 Å². The van der Waals surface area contributed by atoms with E-state index >= 15 is 0 Å². The van der Waals surface area contributed by atoms with Crippen molar-refractivity contribution in [3.63, 3.8) is 0 Å². The molecule has 0 radical (unpaired) electrons. The van der Waals surface area contributed by atoms with Crippen molar-refractivity contribution in [3.05, 3.63) is 101 Å². The van der Waals surface area contributed by atoms with Gasteiger partial charge in [0.1, 0.15) is 0 Å². The Kier molecular flexibility index (Phi) is 3.69. The average Bonchev–Trinajstić information content (AvgIpc) is 2.66. The van der Waals surface area contributed by atoms with E-state index in [0.717, 1.165) is 5.56 Å². The number of rotatable bonds is 3. The fourth-order valence-corrected chi connectivity index (χ4v) is 3.32. The minimum atomic E-state index is -0.103. The maximum atomic E-state index is 13.0. The van der Waals surface area contributed by atoms with Crippen molar-refractivity contribution >= 4 is 17.3 Å². The molecule has 0 aliphatic heterocycles. The number of hydrogen-bond acceptors (Lipinski definition) is 3. The molecule has 3 heteroatoms. The first kappa shape index (κ1) is 15.3. The van der Waals surface area contributed by atoms with Gasteiger partial charge in [-0.2, -0.15) is 0 Å². The third-order valence-electron chi connectivity index (χ3n) is 4.62. The highest BCUT2D eigenvalue weighted by Crippen LogP contribution is 2.33. The number of fused-ring (bicyclic) bond motifs is 2. The molecule has 3 aromatic carbocycles. The molecule has 122 valence electrons. The molecule has 0 bridgehead atoms. The Morgan fingerprint density at radius 3 is 2.00 bits per heavy atom. The molecular weight excluding hydrogens is 310 g/mol. The average molecular weight is 327 g/mol. The van der Waals surface area contributed by atoms with Gasteiger partial charge in [-0.05, 0) is 18.6 Å². The van der Waals surface area contributed by atoms with Gasteiger partial charge in [0.2, 0.25) is 0 Å². The summed E-state index contributed by atoms with van der Waals surface area (Å²) >= 11 is 0. The molecule has 0 heterocycles. The Hall–Kier alpha value is -3.20. The number of nitrogens with one attached hydrogen (secondary N) is 1. The Labute approximate surface area is 146 Å². The van der Waals surface area contributed by atoms with E-state index in [2.05, 4.69) is 5.32 Å². The summed E-state index contributed by atoms with van der Waals surface area (Å²) in [4.78, 5) is 25.8. The normalized spacial score (nSPS) is 13.8. The second-order valence-corrected chi connectivity index (χ2v) is 6.21. The van der Waals surface area contributed by atoms with Crippen LogP contribution in [0.2, 0.25) is 0 Å². The molecule has 3 aromatic rings. The number of anilines is 1. The zero-order chi connectivity index (χ0) is 17.4. The van der Waals surface area contributed by atoms with Crippen LogP contribution in [0.25, 0.3) is 0 Å². The smallest absolute Gasteiger partial charge is 0.196 e. The molecule has 25 heavy (non-hydrogen) atoms. The molecule has 1 N–H and O–H groups in total. The monoisotopic (exact) mass is 327 g/mol. The Balaban J connectivity index is 1.78. The predicted octanol–water partition coefficient (Wildman–Crippen LogP) is 4.64. The molecule has 3 nitrogen and oxygen atoms in total. The Morgan fingerprint density at radius 2 is 1.28 bits per heavy atom. The molecule has 0 aromatic heterocycles. The topological polar surface area (TPSA) is 46.2 Å². The van der Waals surface area contributed by atoms with Crippen molar-refractivity contribution in [2.45, 2.75) is 13.0 Å². The SMILES string of the molecule is CC(Nc1cccc2c1C(=O)c1ccccc1C2=O)c1ccccc1. The molecular formula is C22H17NO2. The quantitative estimate of drug-likeness (QED) is 0.596. The Morgan fingerprint density at radius 1 is 0.680 bits per heavy atom. The van der Waals surface area contributed by atoms with E-state index in [1.807, 2.05) is 49.4 Å². The fourth-order valence-electron chi connectivity index (χ4n) is 3.32. The van der Waals surface area contributed by atoms with Crippen molar-refractivity contribution in [2.75, 3.05) is 5.32 Å². The minimum absolute atomic E-state index is 0.0211. The standard InChI is InChI=1S/C22H17NO2/c1-14(15-8-3-2-4-9-15)23-19-13-7-12-18-20(19)22(25)17-11-6-5-10-16(17)21(18)24/h2-14,23H,1H3. The maximum Gasteiger partial charge on any atom is 0.196 e. The largest absolute Gasteiger partial charge is 0.378 e. The van der Waals surface area contributed by atoms with Crippen LogP contribution in [0.4, 0.5) is 5.69 Å². The maximum absolute atomic E-state index is 13.0. The third-order valence-corrected chi connectivity index (χ3v) is 4.62. The molecule has 0 amide bonds. The summed E-state index contributed by atoms with van der Waals surface area (Å²) in [5.41, 5.74) is 3.70. The first-order valence-corrected chi connectivity index (χ1v) is 8.29. The van der Waals surface area contributed by atoms with E-state index in [1.54, 1.807) is 30.3 Å². The molecule has 0 saturated carbocycles. The molecule has 1 atom stereocenters. The van der Waals surface area contributed by atoms with Crippen LogP contribution in [0, 0.1) is 0 Å². The summed E-state index contributed by atoms with van der Waals surface area (Å²) in [5.74, 6) is -0.199. The first-order valence-electron chi connectivity index (χ1n) is 8.29. The molecule has 1 aliphatic carbocycles. The van der Waals surface area contributed by atoms with Crippen LogP contribution < -0.4 is 5.32 Å². The summed E-state index contributed by atoms with van der Waals surface area (Å²) in [6, 6.07) is 22.4. The van der Waals surface area contributed by atoms with Gasteiger partial charge in [-0.3, -0.25) is 9.59 Å². The second kappa shape index (κ2) is 6.02. The highest BCUT2D eigenvalue weighted by Gasteiger charge is 2.31. The van der Waals surface area contributed by atoms with Gasteiger partial charge in [-0.15, -0.1) is 0 Å². The van der Waals surface area contributed by atoms with Crippen molar-refractivity contribution in [1.82, 2.24) is 0 Å². The van der Waals surface area contributed by atoms with Gasteiger partial charge >= 0.3 is 0 Å². The van der Waals surface area contributed by atoms with Crippen LogP contribution in [0.15, 0.2) is 72.8 Å². The zero-order valence-corrected chi connectivity index (χ0v) is 13.8. The minimum Gasteiger partial charge on any atom is -0.378 e. The van der Waals surface area contributed by atoms with Gasteiger partial charge in [0.05, 0.1) is 5.56 Å². The van der Waals surface area contributed by atoms with Gasteiger partial charge in [-0.25, -0.2) is 0 Å². The van der Waals surface area contributed by atoms with Crippen molar-refractivity contribution in [3.8, 4) is 0 Å². The van der Waals surface area contributed by atoms with E-state index in [0.29, 0.717) is 27.9 Å². The van der Waals surface area contributed by atoms with Crippen LogP contribution >= 0.6 is 0 Å². The number of benzene rings is 3. The number of ketones is 2. The van der Waals surface area contributed by atoms with E-state index in [9.17, 15) is 9.59 Å². The van der Waals surface area contributed by atoms with E-state index < -0.39 is 0 Å². The number of hydrogen-bond donors (Lipinski definition) is 1.